The first-order valence-corrected chi connectivity index (χ1v) is 5.23. The van der Waals surface area contributed by atoms with Crippen LogP contribution in [0.3, 0.4) is 0 Å². The third kappa shape index (κ3) is 5.39. The maximum absolute atomic E-state index is 10.5. The molecule has 0 amide bonds. The summed E-state index contributed by atoms with van der Waals surface area (Å²) in [5.74, 6) is 0. The summed E-state index contributed by atoms with van der Waals surface area (Å²) in [4.78, 5) is 10.1. The number of nitro groups is 1. The van der Waals surface area contributed by atoms with Gasteiger partial charge in [0.05, 0.1) is 38.0 Å². The van der Waals surface area contributed by atoms with Gasteiger partial charge < -0.3 is 14.6 Å². The molecule has 0 saturated heterocycles. The molecule has 1 aromatic carbocycles. The van der Waals surface area contributed by atoms with Crippen molar-refractivity contribution in [2.45, 2.75) is 6.61 Å². The molecule has 1 rings (SSSR count). The average Bonchev–Trinajstić information content (AvgIpc) is 2.34. The summed E-state index contributed by atoms with van der Waals surface area (Å²) in [5.41, 5.74) is 0.809. The highest BCUT2D eigenvalue weighted by Crippen LogP contribution is 2.13. The van der Waals surface area contributed by atoms with Crippen LogP contribution in [-0.2, 0) is 16.1 Å². The van der Waals surface area contributed by atoms with E-state index in [-0.39, 0.29) is 12.3 Å². The number of nitrogens with zero attached hydrogens (tertiary/aromatic N) is 1. The van der Waals surface area contributed by atoms with Crippen LogP contribution in [0.4, 0.5) is 5.69 Å². The molecule has 6 nitrogen and oxygen atoms in total. The molecule has 0 aromatic heterocycles. The predicted octanol–water partition coefficient (Wildman–Crippen LogP) is 1.12. The molecule has 17 heavy (non-hydrogen) atoms. The van der Waals surface area contributed by atoms with Gasteiger partial charge in [-0.2, -0.15) is 0 Å². The van der Waals surface area contributed by atoms with Gasteiger partial charge in [-0.15, -0.1) is 0 Å². The van der Waals surface area contributed by atoms with Crippen LogP contribution in [0.15, 0.2) is 24.3 Å². The third-order valence-corrected chi connectivity index (χ3v) is 2.00. The van der Waals surface area contributed by atoms with E-state index in [0.29, 0.717) is 26.4 Å². The van der Waals surface area contributed by atoms with E-state index in [2.05, 4.69) is 0 Å². The van der Waals surface area contributed by atoms with E-state index in [0.717, 1.165) is 5.56 Å². The quantitative estimate of drug-likeness (QED) is 0.419. The molecule has 0 spiro atoms. The fourth-order valence-electron chi connectivity index (χ4n) is 1.23. The van der Waals surface area contributed by atoms with Gasteiger partial charge in [-0.3, -0.25) is 10.1 Å². The lowest BCUT2D eigenvalue weighted by Gasteiger charge is -2.04. The first-order chi connectivity index (χ1) is 8.24. The van der Waals surface area contributed by atoms with Crippen molar-refractivity contribution in [3.8, 4) is 0 Å². The van der Waals surface area contributed by atoms with E-state index >= 15 is 0 Å². The molecule has 0 bridgehead atoms. The first kappa shape index (κ1) is 13.6. The van der Waals surface area contributed by atoms with Crippen LogP contribution in [-0.4, -0.2) is 36.5 Å². The second kappa shape index (κ2) is 7.72. The Kier molecular flexibility index (Phi) is 6.16. The molecular weight excluding hydrogens is 226 g/mol. The SMILES string of the molecule is O=[N+]([O-])c1cccc(COCCOCCO)c1. The minimum absolute atomic E-state index is 0.00905. The minimum Gasteiger partial charge on any atom is -0.394 e. The average molecular weight is 241 g/mol. The standard InChI is InChI=1S/C11H15NO5/c13-4-5-16-6-7-17-9-10-2-1-3-11(8-10)12(14)15/h1-3,8,13H,4-7,9H2. The summed E-state index contributed by atoms with van der Waals surface area (Å²) in [6.45, 7) is 1.38. The lowest BCUT2D eigenvalue weighted by Crippen LogP contribution is -2.07. The van der Waals surface area contributed by atoms with E-state index < -0.39 is 4.92 Å². The zero-order valence-corrected chi connectivity index (χ0v) is 9.37. The number of hydrogen-bond donors (Lipinski definition) is 1. The molecule has 0 unspecified atom stereocenters. The maximum Gasteiger partial charge on any atom is 0.269 e. The van der Waals surface area contributed by atoms with Gasteiger partial charge in [0, 0.05) is 12.1 Å². The van der Waals surface area contributed by atoms with Crippen LogP contribution in [0.25, 0.3) is 0 Å². The Morgan fingerprint density at radius 3 is 2.71 bits per heavy atom. The largest absolute Gasteiger partial charge is 0.394 e. The molecule has 0 saturated carbocycles. The monoisotopic (exact) mass is 241 g/mol. The molecule has 1 aromatic rings. The Bertz CT molecular complexity index is 355. The number of aliphatic hydroxyl groups excluding tert-OH is 1. The van der Waals surface area contributed by atoms with Crippen molar-refractivity contribution in [2.75, 3.05) is 26.4 Å². The van der Waals surface area contributed by atoms with Crippen molar-refractivity contribution in [3.63, 3.8) is 0 Å². The Hall–Kier alpha value is -1.50. The zero-order chi connectivity index (χ0) is 12.5. The highest BCUT2D eigenvalue weighted by molar-refractivity contribution is 5.33. The molecule has 0 radical (unpaired) electrons. The first-order valence-electron chi connectivity index (χ1n) is 5.23. The second-order valence-corrected chi connectivity index (χ2v) is 3.32. The molecule has 0 aliphatic carbocycles. The topological polar surface area (TPSA) is 81.8 Å². The van der Waals surface area contributed by atoms with Crippen LogP contribution >= 0.6 is 0 Å². The summed E-state index contributed by atoms with van der Waals surface area (Å²) < 4.78 is 10.3. The predicted molar refractivity (Wildman–Crippen MR) is 60.7 cm³/mol. The van der Waals surface area contributed by atoms with Gasteiger partial charge in [-0.1, -0.05) is 12.1 Å². The molecule has 0 aliphatic heterocycles. The molecule has 94 valence electrons. The fourth-order valence-corrected chi connectivity index (χ4v) is 1.23. The van der Waals surface area contributed by atoms with Crippen LogP contribution in [0.5, 0.6) is 0 Å². The van der Waals surface area contributed by atoms with E-state index in [1.54, 1.807) is 12.1 Å². The molecule has 1 N–H and O–H groups in total. The molecule has 0 heterocycles. The van der Waals surface area contributed by atoms with Crippen molar-refractivity contribution in [3.05, 3.63) is 39.9 Å². The Balaban J connectivity index is 2.27. The number of hydrogen-bond acceptors (Lipinski definition) is 5. The van der Waals surface area contributed by atoms with Gasteiger partial charge in [0.1, 0.15) is 0 Å². The van der Waals surface area contributed by atoms with E-state index in [4.69, 9.17) is 14.6 Å². The number of non-ortho nitro benzene ring substituents is 1. The van der Waals surface area contributed by atoms with E-state index in [9.17, 15) is 10.1 Å². The normalized spacial score (nSPS) is 10.4. The molecule has 0 atom stereocenters. The summed E-state index contributed by atoms with van der Waals surface area (Å²) in [6, 6.07) is 6.31. The van der Waals surface area contributed by atoms with Crippen LogP contribution in [0.2, 0.25) is 0 Å². The van der Waals surface area contributed by atoms with Crippen LogP contribution < -0.4 is 0 Å². The smallest absolute Gasteiger partial charge is 0.269 e. The van der Waals surface area contributed by atoms with Gasteiger partial charge in [0.15, 0.2) is 0 Å². The summed E-state index contributed by atoms with van der Waals surface area (Å²) in [5, 5.41) is 19.0. The zero-order valence-electron chi connectivity index (χ0n) is 9.37. The van der Waals surface area contributed by atoms with E-state index in [1.165, 1.54) is 12.1 Å². The Morgan fingerprint density at radius 2 is 2.00 bits per heavy atom. The molecular formula is C11H15NO5. The highest BCUT2D eigenvalue weighted by Gasteiger charge is 2.05. The second-order valence-electron chi connectivity index (χ2n) is 3.32. The molecule has 0 fully saturated rings. The summed E-state index contributed by atoms with van der Waals surface area (Å²) in [7, 11) is 0. The molecule has 6 heteroatoms. The number of nitro benzene ring substituents is 1. The van der Waals surface area contributed by atoms with Crippen molar-refractivity contribution in [2.24, 2.45) is 0 Å². The number of benzene rings is 1. The van der Waals surface area contributed by atoms with Crippen LogP contribution in [0.1, 0.15) is 5.56 Å². The van der Waals surface area contributed by atoms with Crippen LogP contribution in [0, 0.1) is 10.1 Å². The van der Waals surface area contributed by atoms with Crippen molar-refractivity contribution in [1.82, 2.24) is 0 Å². The number of ether oxygens (including phenoxy) is 2. The van der Waals surface area contributed by atoms with Gasteiger partial charge in [-0.05, 0) is 5.56 Å². The van der Waals surface area contributed by atoms with Crippen molar-refractivity contribution in [1.29, 1.82) is 0 Å². The van der Waals surface area contributed by atoms with Gasteiger partial charge >= 0.3 is 0 Å². The lowest BCUT2D eigenvalue weighted by molar-refractivity contribution is -0.384. The summed E-state index contributed by atoms with van der Waals surface area (Å²) in [6.07, 6.45) is 0. The lowest BCUT2D eigenvalue weighted by atomic mass is 10.2. The fraction of sp³-hybridized carbons (Fsp3) is 0.455. The number of aliphatic hydroxyl groups is 1. The maximum atomic E-state index is 10.5. The Labute approximate surface area is 98.9 Å². The Morgan fingerprint density at radius 1 is 1.24 bits per heavy atom. The van der Waals surface area contributed by atoms with E-state index in [1.807, 2.05) is 0 Å². The van der Waals surface area contributed by atoms with Gasteiger partial charge in [0.2, 0.25) is 0 Å². The third-order valence-electron chi connectivity index (χ3n) is 2.00. The number of rotatable bonds is 8. The highest BCUT2D eigenvalue weighted by atomic mass is 16.6. The van der Waals surface area contributed by atoms with Crippen molar-refractivity contribution < 1.29 is 19.5 Å². The van der Waals surface area contributed by atoms with Gasteiger partial charge in [0.25, 0.3) is 5.69 Å². The van der Waals surface area contributed by atoms with Crippen molar-refractivity contribution >= 4 is 5.69 Å². The summed E-state index contributed by atoms with van der Waals surface area (Å²) >= 11 is 0. The molecule has 0 aliphatic rings. The minimum atomic E-state index is -0.437. The van der Waals surface area contributed by atoms with Gasteiger partial charge in [-0.25, -0.2) is 0 Å².